The Morgan fingerprint density at radius 2 is 2.19 bits per heavy atom. The van der Waals surface area contributed by atoms with Crippen LogP contribution < -0.4 is 0 Å². The van der Waals surface area contributed by atoms with Gasteiger partial charge in [-0.05, 0) is 42.7 Å². The second-order valence-corrected chi connectivity index (χ2v) is 6.67. The number of carboxylic acids is 1. The first-order valence-electron chi connectivity index (χ1n) is 8.66. The molecule has 1 aromatic carbocycles. The minimum absolute atomic E-state index is 0.0457. The van der Waals surface area contributed by atoms with Gasteiger partial charge in [-0.3, -0.25) is 4.79 Å². The molecule has 0 amide bonds. The van der Waals surface area contributed by atoms with Crippen molar-refractivity contribution >= 4 is 16.9 Å². The van der Waals surface area contributed by atoms with Crippen LogP contribution in [-0.2, 0) is 11.2 Å². The summed E-state index contributed by atoms with van der Waals surface area (Å²) in [6, 6.07) is 7.70. The van der Waals surface area contributed by atoms with E-state index in [0.29, 0.717) is 17.3 Å². The van der Waals surface area contributed by atoms with Crippen LogP contribution in [0.5, 0.6) is 0 Å². The molecule has 27 heavy (non-hydrogen) atoms. The van der Waals surface area contributed by atoms with Crippen LogP contribution in [0.3, 0.4) is 0 Å². The quantitative estimate of drug-likeness (QED) is 0.573. The van der Waals surface area contributed by atoms with Crippen molar-refractivity contribution in [3.05, 3.63) is 47.9 Å². The third-order valence-electron chi connectivity index (χ3n) is 5.03. The average Bonchev–Trinajstić information content (AvgIpc) is 3.38. The molecule has 5 rings (SSSR count). The van der Waals surface area contributed by atoms with E-state index in [9.17, 15) is 4.79 Å². The van der Waals surface area contributed by atoms with E-state index in [0.717, 1.165) is 35.0 Å². The normalized spacial score (nSPS) is 15.9. The van der Waals surface area contributed by atoms with Gasteiger partial charge in [-0.2, -0.15) is 15.2 Å². The standard InChI is InChI=1S/C19H15N5O3/c25-16(26)8-10-1-3-13-14-7-11(2-4-15(14)22-17(10)13)18-23-19(27-24-18)12-5-6-20-21-9-12/h2,4-7,9-10,22H,1,3,8H2,(H,25,26). The fraction of sp³-hybridized carbons (Fsp3) is 0.211. The zero-order valence-corrected chi connectivity index (χ0v) is 14.2. The second kappa shape index (κ2) is 6.01. The Morgan fingerprint density at radius 1 is 1.26 bits per heavy atom. The van der Waals surface area contributed by atoms with Crippen molar-refractivity contribution in [1.82, 2.24) is 25.3 Å². The van der Waals surface area contributed by atoms with E-state index in [1.54, 1.807) is 18.5 Å². The van der Waals surface area contributed by atoms with Gasteiger partial charge in [-0.1, -0.05) is 5.16 Å². The number of aliphatic carboxylic acids is 1. The summed E-state index contributed by atoms with van der Waals surface area (Å²) in [6.45, 7) is 0. The molecule has 8 nitrogen and oxygen atoms in total. The van der Waals surface area contributed by atoms with Gasteiger partial charge in [0.15, 0.2) is 0 Å². The van der Waals surface area contributed by atoms with Crippen molar-refractivity contribution in [2.45, 2.75) is 25.2 Å². The van der Waals surface area contributed by atoms with Gasteiger partial charge in [0.05, 0.1) is 24.4 Å². The third-order valence-corrected chi connectivity index (χ3v) is 5.03. The minimum Gasteiger partial charge on any atom is -0.481 e. The highest BCUT2D eigenvalue weighted by molar-refractivity contribution is 5.89. The number of nitrogens with one attached hydrogen (secondary N) is 1. The second-order valence-electron chi connectivity index (χ2n) is 6.67. The molecule has 0 saturated heterocycles. The molecule has 0 spiro atoms. The topological polar surface area (TPSA) is 118 Å². The SMILES string of the molecule is O=C(O)CC1CCc2c1[nH]c1ccc(-c3noc(-c4ccnnc4)n3)cc21. The van der Waals surface area contributed by atoms with Crippen molar-refractivity contribution in [3.8, 4) is 22.8 Å². The molecular weight excluding hydrogens is 346 g/mol. The van der Waals surface area contributed by atoms with Gasteiger partial charge in [-0.15, -0.1) is 0 Å². The van der Waals surface area contributed by atoms with Gasteiger partial charge in [-0.25, -0.2) is 0 Å². The van der Waals surface area contributed by atoms with Crippen LogP contribution in [0.1, 0.15) is 30.0 Å². The number of carbonyl (C=O) groups is 1. The van der Waals surface area contributed by atoms with Gasteiger partial charge in [0, 0.05) is 28.1 Å². The smallest absolute Gasteiger partial charge is 0.304 e. The van der Waals surface area contributed by atoms with Crippen LogP contribution in [0.25, 0.3) is 33.7 Å². The number of nitrogens with zero attached hydrogens (tertiary/aromatic N) is 4. The predicted octanol–water partition coefficient (Wildman–Crippen LogP) is 3.18. The molecule has 0 fully saturated rings. The van der Waals surface area contributed by atoms with Gasteiger partial charge >= 0.3 is 5.97 Å². The number of benzene rings is 1. The van der Waals surface area contributed by atoms with E-state index in [-0.39, 0.29) is 12.3 Å². The highest BCUT2D eigenvalue weighted by Gasteiger charge is 2.28. The Balaban J connectivity index is 1.53. The first-order valence-corrected chi connectivity index (χ1v) is 8.66. The summed E-state index contributed by atoms with van der Waals surface area (Å²) in [7, 11) is 0. The van der Waals surface area contributed by atoms with Crippen LogP contribution in [0.2, 0.25) is 0 Å². The molecule has 1 aliphatic rings. The summed E-state index contributed by atoms with van der Waals surface area (Å²) in [5.74, 6) is 0.168. The van der Waals surface area contributed by atoms with E-state index in [2.05, 4.69) is 25.3 Å². The van der Waals surface area contributed by atoms with Crippen LogP contribution in [0, 0.1) is 0 Å². The van der Waals surface area contributed by atoms with Crippen LogP contribution >= 0.6 is 0 Å². The molecule has 0 bridgehead atoms. The van der Waals surface area contributed by atoms with Crippen molar-refractivity contribution in [2.24, 2.45) is 0 Å². The van der Waals surface area contributed by atoms with E-state index < -0.39 is 5.97 Å². The Morgan fingerprint density at radius 3 is 3.00 bits per heavy atom. The number of aromatic nitrogens is 5. The molecule has 0 radical (unpaired) electrons. The Bertz CT molecular complexity index is 1150. The molecule has 3 heterocycles. The minimum atomic E-state index is -0.767. The van der Waals surface area contributed by atoms with Crippen molar-refractivity contribution in [1.29, 1.82) is 0 Å². The summed E-state index contributed by atoms with van der Waals surface area (Å²) in [4.78, 5) is 18.9. The Kier molecular flexibility index (Phi) is 3.49. The molecule has 0 saturated carbocycles. The molecule has 1 unspecified atom stereocenters. The zero-order valence-electron chi connectivity index (χ0n) is 14.2. The van der Waals surface area contributed by atoms with Crippen molar-refractivity contribution in [3.63, 3.8) is 0 Å². The van der Waals surface area contributed by atoms with Gasteiger partial charge in [0.25, 0.3) is 5.89 Å². The van der Waals surface area contributed by atoms with Crippen LogP contribution in [0.15, 0.2) is 41.2 Å². The maximum atomic E-state index is 11.1. The number of rotatable bonds is 4. The van der Waals surface area contributed by atoms with Gasteiger partial charge in [0.2, 0.25) is 5.82 Å². The summed E-state index contributed by atoms with van der Waals surface area (Å²) in [5, 5.41) is 21.8. The molecule has 4 aromatic rings. The first kappa shape index (κ1) is 15.7. The molecular formula is C19H15N5O3. The lowest BCUT2D eigenvalue weighted by Crippen LogP contribution is -2.03. The van der Waals surface area contributed by atoms with Crippen molar-refractivity contribution < 1.29 is 14.4 Å². The fourth-order valence-corrected chi connectivity index (χ4v) is 3.78. The maximum Gasteiger partial charge on any atom is 0.304 e. The average molecular weight is 361 g/mol. The number of hydrogen-bond donors (Lipinski definition) is 2. The maximum absolute atomic E-state index is 11.1. The summed E-state index contributed by atoms with van der Waals surface area (Å²) < 4.78 is 5.35. The van der Waals surface area contributed by atoms with Crippen LogP contribution in [0.4, 0.5) is 0 Å². The van der Waals surface area contributed by atoms with Crippen LogP contribution in [-0.4, -0.2) is 36.4 Å². The summed E-state index contributed by atoms with van der Waals surface area (Å²) >= 11 is 0. The number of hydrogen-bond acceptors (Lipinski definition) is 6. The number of aryl methyl sites for hydroxylation is 1. The van der Waals surface area contributed by atoms with Gasteiger partial charge < -0.3 is 14.6 Å². The molecule has 134 valence electrons. The molecule has 8 heteroatoms. The van der Waals surface area contributed by atoms with Crippen molar-refractivity contribution in [2.75, 3.05) is 0 Å². The number of aromatic amines is 1. The summed E-state index contributed by atoms with van der Waals surface area (Å²) in [6.07, 6.45) is 5.02. The largest absolute Gasteiger partial charge is 0.481 e. The lowest BCUT2D eigenvalue weighted by molar-refractivity contribution is -0.137. The number of fused-ring (bicyclic) bond motifs is 3. The van der Waals surface area contributed by atoms with E-state index >= 15 is 0 Å². The van der Waals surface area contributed by atoms with Gasteiger partial charge in [0.1, 0.15) is 0 Å². The van der Waals surface area contributed by atoms with E-state index in [1.807, 2.05) is 18.2 Å². The van der Waals surface area contributed by atoms with E-state index in [1.165, 1.54) is 5.56 Å². The fourth-order valence-electron chi connectivity index (χ4n) is 3.78. The highest BCUT2D eigenvalue weighted by Crippen LogP contribution is 2.40. The third kappa shape index (κ3) is 2.66. The highest BCUT2D eigenvalue weighted by atomic mass is 16.5. The predicted molar refractivity (Wildman–Crippen MR) is 95.9 cm³/mol. The lowest BCUT2D eigenvalue weighted by Gasteiger charge is -2.05. The molecule has 1 aliphatic carbocycles. The lowest BCUT2D eigenvalue weighted by atomic mass is 10.0. The van der Waals surface area contributed by atoms with E-state index in [4.69, 9.17) is 9.63 Å². The molecule has 1 atom stereocenters. The number of H-pyrrole nitrogens is 1. The molecule has 3 aromatic heterocycles. The zero-order chi connectivity index (χ0) is 18.4. The number of carboxylic acid groups (broad SMARTS) is 1. The monoisotopic (exact) mass is 361 g/mol. The Hall–Kier alpha value is -3.55. The molecule has 2 N–H and O–H groups in total. The molecule has 0 aliphatic heterocycles. The first-order chi connectivity index (χ1) is 13.2. The summed E-state index contributed by atoms with van der Waals surface area (Å²) in [5.41, 5.74) is 4.80. The Labute approximate surface area is 153 Å².